The van der Waals surface area contributed by atoms with E-state index in [-0.39, 0.29) is 11.5 Å². The van der Waals surface area contributed by atoms with Gasteiger partial charge in [0.25, 0.3) is 0 Å². The van der Waals surface area contributed by atoms with E-state index in [0.717, 1.165) is 32.5 Å². The van der Waals surface area contributed by atoms with Gasteiger partial charge in [0.2, 0.25) is 0 Å². The standard InChI is InChI=1S/C17H31N3O2/c1-2-21-15-11-14(17(15)8-4-3-5-9-17)20-16(18)19-12-13-7-6-10-22-13/h13-15H,2-12H2,1H3,(H3,18,19,20). The second-order valence-corrected chi connectivity index (χ2v) is 7.03. The number of guanidine groups is 1. The summed E-state index contributed by atoms with van der Waals surface area (Å²) >= 11 is 0. The van der Waals surface area contributed by atoms with Crippen molar-refractivity contribution in [2.24, 2.45) is 16.1 Å². The Morgan fingerprint density at radius 2 is 2.14 bits per heavy atom. The van der Waals surface area contributed by atoms with E-state index >= 15 is 0 Å². The van der Waals surface area contributed by atoms with Crippen molar-refractivity contribution in [3.8, 4) is 0 Å². The number of hydrogen-bond donors (Lipinski definition) is 2. The SMILES string of the molecule is CCOC1CC(NC(N)=NCC2CCCO2)C12CCCCC2. The number of nitrogens with zero attached hydrogens (tertiary/aromatic N) is 1. The Labute approximate surface area is 134 Å². The van der Waals surface area contributed by atoms with Crippen molar-refractivity contribution in [3.05, 3.63) is 0 Å². The lowest BCUT2D eigenvalue weighted by molar-refractivity contribution is -0.145. The fourth-order valence-electron chi connectivity index (χ4n) is 4.48. The summed E-state index contributed by atoms with van der Waals surface area (Å²) in [6, 6.07) is 0.428. The van der Waals surface area contributed by atoms with Crippen LogP contribution in [0.1, 0.15) is 58.3 Å². The van der Waals surface area contributed by atoms with Crippen molar-refractivity contribution < 1.29 is 9.47 Å². The van der Waals surface area contributed by atoms with Crippen molar-refractivity contribution in [2.75, 3.05) is 19.8 Å². The Morgan fingerprint density at radius 3 is 2.82 bits per heavy atom. The van der Waals surface area contributed by atoms with Gasteiger partial charge in [-0.25, -0.2) is 0 Å². The quantitative estimate of drug-likeness (QED) is 0.603. The molecule has 0 amide bonds. The maximum Gasteiger partial charge on any atom is 0.188 e. The van der Waals surface area contributed by atoms with Gasteiger partial charge in [-0.15, -0.1) is 0 Å². The molecule has 3 atom stereocenters. The lowest BCUT2D eigenvalue weighted by atomic mass is 9.55. The topological polar surface area (TPSA) is 68.9 Å². The molecular formula is C17H31N3O2. The van der Waals surface area contributed by atoms with Gasteiger partial charge in [-0.2, -0.15) is 0 Å². The van der Waals surface area contributed by atoms with Crippen LogP contribution in [0.2, 0.25) is 0 Å². The molecule has 1 heterocycles. The first-order valence-electron chi connectivity index (χ1n) is 9.04. The van der Waals surface area contributed by atoms with Crippen molar-refractivity contribution in [1.29, 1.82) is 0 Å². The van der Waals surface area contributed by atoms with Crippen LogP contribution in [0.4, 0.5) is 0 Å². The molecule has 3 unspecified atom stereocenters. The number of nitrogens with two attached hydrogens (primary N) is 1. The van der Waals surface area contributed by atoms with Gasteiger partial charge in [0.05, 0.1) is 18.8 Å². The van der Waals surface area contributed by atoms with Gasteiger partial charge in [0.15, 0.2) is 5.96 Å². The number of hydrogen-bond acceptors (Lipinski definition) is 3. The molecule has 1 spiro atoms. The van der Waals surface area contributed by atoms with Crippen LogP contribution >= 0.6 is 0 Å². The molecule has 0 aromatic rings. The highest BCUT2D eigenvalue weighted by Gasteiger charge is 2.55. The molecule has 3 rings (SSSR count). The van der Waals surface area contributed by atoms with Crippen LogP contribution in [0.15, 0.2) is 4.99 Å². The smallest absolute Gasteiger partial charge is 0.188 e. The summed E-state index contributed by atoms with van der Waals surface area (Å²) in [6.45, 7) is 4.46. The lowest BCUT2D eigenvalue weighted by Gasteiger charge is -2.57. The predicted molar refractivity (Wildman–Crippen MR) is 87.9 cm³/mol. The van der Waals surface area contributed by atoms with Crippen LogP contribution < -0.4 is 11.1 Å². The summed E-state index contributed by atoms with van der Waals surface area (Å²) in [7, 11) is 0. The summed E-state index contributed by atoms with van der Waals surface area (Å²) in [5.74, 6) is 0.584. The van der Waals surface area contributed by atoms with Gasteiger partial charge in [-0.05, 0) is 39.0 Å². The summed E-state index contributed by atoms with van der Waals surface area (Å²) in [4.78, 5) is 4.49. The minimum atomic E-state index is 0.265. The van der Waals surface area contributed by atoms with E-state index in [1.54, 1.807) is 0 Å². The second-order valence-electron chi connectivity index (χ2n) is 7.03. The average molecular weight is 309 g/mol. The molecule has 2 saturated carbocycles. The third-order valence-electron chi connectivity index (χ3n) is 5.75. The first-order chi connectivity index (χ1) is 10.7. The maximum absolute atomic E-state index is 6.11. The molecule has 3 N–H and O–H groups in total. The summed E-state index contributed by atoms with van der Waals surface area (Å²) in [6.07, 6.45) is 10.5. The van der Waals surface area contributed by atoms with Gasteiger partial charge < -0.3 is 20.5 Å². The van der Waals surface area contributed by atoms with Crippen LogP contribution in [0.5, 0.6) is 0 Å². The molecule has 126 valence electrons. The zero-order chi connectivity index (χ0) is 15.4. The van der Waals surface area contributed by atoms with Gasteiger partial charge in [-0.3, -0.25) is 4.99 Å². The molecule has 2 aliphatic carbocycles. The summed E-state index contributed by atoms with van der Waals surface area (Å²) in [5.41, 5.74) is 6.40. The van der Waals surface area contributed by atoms with Crippen molar-refractivity contribution in [2.45, 2.75) is 76.5 Å². The first kappa shape index (κ1) is 16.1. The molecular weight excluding hydrogens is 278 g/mol. The molecule has 5 nitrogen and oxygen atoms in total. The van der Waals surface area contributed by atoms with E-state index in [4.69, 9.17) is 15.2 Å². The largest absolute Gasteiger partial charge is 0.378 e. The van der Waals surface area contributed by atoms with E-state index < -0.39 is 0 Å². The van der Waals surface area contributed by atoms with Crippen molar-refractivity contribution in [1.82, 2.24) is 5.32 Å². The van der Waals surface area contributed by atoms with Crippen LogP contribution in [-0.4, -0.2) is 44.0 Å². The van der Waals surface area contributed by atoms with Gasteiger partial charge >= 0.3 is 0 Å². The lowest BCUT2D eigenvalue weighted by Crippen LogP contribution is -2.66. The molecule has 0 aromatic heterocycles. The number of aliphatic imine (C=N–C) groups is 1. The normalized spacial score (nSPS) is 34.6. The minimum Gasteiger partial charge on any atom is -0.378 e. The third kappa shape index (κ3) is 3.25. The molecule has 1 aliphatic heterocycles. The fraction of sp³-hybridized carbons (Fsp3) is 0.941. The van der Waals surface area contributed by atoms with E-state index in [1.807, 2.05) is 0 Å². The van der Waals surface area contributed by atoms with E-state index in [9.17, 15) is 0 Å². The zero-order valence-electron chi connectivity index (χ0n) is 13.9. The first-order valence-corrected chi connectivity index (χ1v) is 9.04. The number of ether oxygens (including phenoxy) is 2. The Bertz CT molecular complexity index is 387. The van der Waals surface area contributed by atoms with Gasteiger partial charge in [0, 0.05) is 24.7 Å². The fourth-order valence-corrected chi connectivity index (χ4v) is 4.48. The summed E-state index contributed by atoms with van der Waals surface area (Å²) < 4.78 is 11.6. The monoisotopic (exact) mass is 309 g/mol. The number of rotatable bonds is 5. The highest BCUT2D eigenvalue weighted by Crippen LogP contribution is 2.53. The highest BCUT2D eigenvalue weighted by atomic mass is 16.5. The maximum atomic E-state index is 6.11. The Kier molecular flexibility index (Phi) is 5.24. The van der Waals surface area contributed by atoms with Gasteiger partial charge in [0.1, 0.15) is 0 Å². The minimum absolute atomic E-state index is 0.265. The summed E-state index contributed by atoms with van der Waals surface area (Å²) in [5, 5.41) is 3.48. The highest BCUT2D eigenvalue weighted by molar-refractivity contribution is 5.78. The van der Waals surface area contributed by atoms with Crippen LogP contribution in [0, 0.1) is 5.41 Å². The average Bonchev–Trinajstić information content (AvgIpc) is 3.06. The van der Waals surface area contributed by atoms with E-state index in [1.165, 1.54) is 32.1 Å². The molecule has 1 saturated heterocycles. The molecule has 22 heavy (non-hydrogen) atoms. The second kappa shape index (κ2) is 7.18. The molecule has 3 fully saturated rings. The van der Waals surface area contributed by atoms with Crippen molar-refractivity contribution >= 4 is 5.96 Å². The van der Waals surface area contributed by atoms with Crippen LogP contribution in [0.3, 0.4) is 0 Å². The number of nitrogens with one attached hydrogen (secondary N) is 1. The Hall–Kier alpha value is -0.810. The molecule has 0 aromatic carbocycles. The molecule has 3 aliphatic rings. The third-order valence-corrected chi connectivity index (χ3v) is 5.75. The Balaban J connectivity index is 1.55. The van der Waals surface area contributed by atoms with Crippen molar-refractivity contribution in [3.63, 3.8) is 0 Å². The van der Waals surface area contributed by atoms with E-state index in [2.05, 4.69) is 17.2 Å². The van der Waals surface area contributed by atoms with Gasteiger partial charge in [-0.1, -0.05) is 19.3 Å². The molecule has 5 heteroatoms. The van der Waals surface area contributed by atoms with Crippen LogP contribution in [-0.2, 0) is 9.47 Å². The van der Waals surface area contributed by atoms with Crippen LogP contribution in [0.25, 0.3) is 0 Å². The Morgan fingerprint density at radius 1 is 1.32 bits per heavy atom. The zero-order valence-corrected chi connectivity index (χ0v) is 13.9. The molecule has 0 bridgehead atoms. The van der Waals surface area contributed by atoms with E-state index in [0.29, 0.717) is 24.7 Å². The predicted octanol–water partition coefficient (Wildman–Crippen LogP) is 2.20. The molecule has 0 radical (unpaired) electrons.